The van der Waals surface area contributed by atoms with Crippen LogP contribution in [0.15, 0.2) is 59.5 Å². The summed E-state index contributed by atoms with van der Waals surface area (Å²) in [6.07, 6.45) is 14.9. The van der Waals surface area contributed by atoms with Gasteiger partial charge in [0.1, 0.15) is 10.1 Å². The maximum Gasteiger partial charge on any atom is 0.268 e. The smallest absolute Gasteiger partial charge is 0.268 e. The standard InChI is InChI=1S/C26H48N3O.C7H8O3S/c1-6-7-8-9-10-11-12-13-14-18-23-29(4,5)24-19-22-28(27(2)3)26(30)25-20-16-15-17-21-25;1-6-2-4-7(5-3-6)11(8,9)10/h15-17,20-21H,6-14,18-19,22-24H2,1-5H3;2-5H,1H3,(H,8,9,10)/q+1;/p-1. The summed E-state index contributed by atoms with van der Waals surface area (Å²) in [5, 5.41) is 3.77. The van der Waals surface area contributed by atoms with Gasteiger partial charge in [-0.2, -0.15) is 0 Å². The van der Waals surface area contributed by atoms with E-state index >= 15 is 0 Å². The lowest BCUT2D eigenvalue weighted by Crippen LogP contribution is -2.46. The fourth-order valence-electron chi connectivity index (χ4n) is 4.71. The highest BCUT2D eigenvalue weighted by Gasteiger charge is 2.20. The van der Waals surface area contributed by atoms with Crippen molar-refractivity contribution in [2.75, 3.05) is 47.8 Å². The van der Waals surface area contributed by atoms with Crippen LogP contribution in [0.25, 0.3) is 0 Å². The van der Waals surface area contributed by atoms with E-state index in [4.69, 9.17) is 0 Å². The summed E-state index contributed by atoms with van der Waals surface area (Å²) in [5.74, 6) is 0.0839. The molecule has 0 radical (unpaired) electrons. The third-order valence-electron chi connectivity index (χ3n) is 7.30. The molecule has 7 nitrogen and oxygen atoms in total. The van der Waals surface area contributed by atoms with Gasteiger partial charge in [0.15, 0.2) is 0 Å². The van der Waals surface area contributed by atoms with Crippen LogP contribution < -0.4 is 0 Å². The van der Waals surface area contributed by atoms with Gasteiger partial charge in [0.25, 0.3) is 5.91 Å². The average Bonchev–Trinajstić information content (AvgIpc) is 2.92. The molecule has 0 saturated heterocycles. The van der Waals surface area contributed by atoms with Gasteiger partial charge in [-0.15, -0.1) is 0 Å². The molecule has 2 aromatic rings. The minimum Gasteiger partial charge on any atom is -0.744 e. The lowest BCUT2D eigenvalue weighted by molar-refractivity contribution is -0.890. The molecule has 0 saturated carbocycles. The van der Waals surface area contributed by atoms with E-state index < -0.39 is 10.1 Å². The van der Waals surface area contributed by atoms with Crippen LogP contribution in [0.4, 0.5) is 0 Å². The second-order valence-electron chi connectivity index (χ2n) is 11.8. The predicted molar refractivity (Wildman–Crippen MR) is 169 cm³/mol. The molecule has 0 fully saturated rings. The first-order chi connectivity index (χ1) is 19.4. The van der Waals surface area contributed by atoms with Crippen LogP contribution in [0.3, 0.4) is 0 Å². The van der Waals surface area contributed by atoms with Gasteiger partial charge in [-0.05, 0) is 44.0 Å². The van der Waals surface area contributed by atoms with E-state index in [9.17, 15) is 17.8 Å². The van der Waals surface area contributed by atoms with Crippen molar-refractivity contribution in [2.45, 2.75) is 89.4 Å². The number of nitrogens with zero attached hydrogens (tertiary/aromatic N) is 3. The van der Waals surface area contributed by atoms with Crippen molar-refractivity contribution in [3.05, 3.63) is 65.7 Å². The van der Waals surface area contributed by atoms with Gasteiger partial charge in [-0.3, -0.25) is 9.80 Å². The molecular weight excluding hydrogens is 534 g/mol. The van der Waals surface area contributed by atoms with Gasteiger partial charge in [0.05, 0.1) is 32.1 Å². The number of hydrogen-bond donors (Lipinski definition) is 0. The zero-order chi connectivity index (χ0) is 30.7. The van der Waals surface area contributed by atoms with Crippen molar-refractivity contribution in [2.24, 2.45) is 0 Å². The number of rotatable bonds is 18. The van der Waals surface area contributed by atoms with E-state index in [0.717, 1.165) is 35.1 Å². The summed E-state index contributed by atoms with van der Waals surface area (Å²) in [5.41, 5.74) is 1.68. The summed E-state index contributed by atoms with van der Waals surface area (Å²) in [7, 11) is 4.28. The molecule has 0 atom stereocenters. The molecular formula is C33H55N3O4S. The Labute approximate surface area is 250 Å². The first kappa shape index (κ1) is 36.8. The number of amides is 1. The molecule has 0 aliphatic rings. The Morgan fingerprint density at radius 1 is 0.756 bits per heavy atom. The highest BCUT2D eigenvalue weighted by atomic mass is 32.2. The molecule has 0 aliphatic heterocycles. The van der Waals surface area contributed by atoms with Crippen LogP contribution in [0.2, 0.25) is 0 Å². The number of unbranched alkanes of at least 4 members (excludes halogenated alkanes) is 9. The summed E-state index contributed by atoms with van der Waals surface area (Å²) in [4.78, 5) is 12.6. The topological polar surface area (TPSA) is 80.8 Å². The van der Waals surface area contributed by atoms with E-state index in [1.165, 1.54) is 82.9 Å². The zero-order valence-corrected chi connectivity index (χ0v) is 27.3. The molecule has 0 N–H and O–H groups in total. The Hall–Kier alpha value is -2.26. The molecule has 0 spiro atoms. The first-order valence-electron chi connectivity index (χ1n) is 15.3. The van der Waals surface area contributed by atoms with E-state index in [0.29, 0.717) is 0 Å². The zero-order valence-electron chi connectivity index (χ0n) is 26.5. The fraction of sp³-hybridized carbons (Fsp3) is 0.606. The van der Waals surface area contributed by atoms with Crippen LogP contribution in [0.5, 0.6) is 0 Å². The van der Waals surface area contributed by atoms with Crippen molar-refractivity contribution in [3.8, 4) is 0 Å². The fourth-order valence-corrected chi connectivity index (χ4v) is 5.17. The van der Waals surface area contributed by atoms with Gasteiger partial charge in [0, 0.05) is 32.6 Å². The van der Waals surface area contributed by atoms with Gasteiger partial charge < -0.3 is 9.04 Å². The van der Waals surface area contributed by atoms with Gasteiger partial charge in [-0.1, -0.05) is 94.2 Å². The van der Waals surface area contributed by atoms with E-state index in [2.05, 4.69) is 21.0 Å². The third kappa shape index (κ3) is 16.7. The van der Waals surface area contributed by atoms with E-state index in [1.807, 2.05) is 61.4 Å². The lowest BCUT2D eigenvalue weighted by atomic mass is 10.1. The number of hydrogen-bond acceptors (Lipinski definition) is 5. The molecule has 41 heavy (non-hydrogen) atoms. The molecule has 0 aromatic heterocycles. The summed E-state index contributed by atoms with van der Waals surface area (Å²) >= 11 is 0. The van der Waals surface area contributed by atoms with Gasteiger partial charge in [-0.25, -0.2) is 13.4 Å². The predicted octanol–water partition coefficient (Wildman–Crippen LogP) is 6.89. The summed E-state index contributed by atoms with van der Waals surface area (Å²) in [6, 6.07) is 15.4. The molecule has 2 rings (SSSR count). The van der Waals surface area contributed by atoms with Crippen LogP contribution in [-0.4, -0.2) is 81.2 Å². The summed E-state index contributed by atoms with van der Waals surface area (Å²) < 4.78 is 32.2. The summed E-state index contributed by atoms with van der Waals surface area (Å²) in [6.45, 7) is 7.19. The van der Waals surface area contributed by atoms with Crippen molar-refractivity contribution in [1.29, 1.82) is 0 Å². The second-order valence-corrected chi connectivity index (χ2v) is 13.2. The van der Waals surface area contributed by atoms with Gasteiger partial charge >= 0.3 is 0 Å². The molecule has 0 bridgehead atoms. The molecule has 2 aromatic carbocycles. The monoisotopic (exact) mass is 589 g/mol. The highest BCUT2D eigenvalue weighted by molar-refractivity contribution is 7.85. The quantitative estimate of drug-likeness (QED) is 0.0818. The molecule has 1 amide bonds. The second kappa shape index (κ2) is 19.8. The normalized spacial score (nSPS) is 11.7. The Bertz CT molecular complexity index is 1070. The molecule has 0 heterocycles. The molecule has 8 heteroatoms. The van der Waals surface area contributed by atoms with Crippen LogP contribution in [0.1, 0.15) is 93.5 Å². The SMILES string of the molecule is CCCCCCCCCCCC[N+](C)(C)CCCN(C(=O)c1ccccc1)N(C)C.Cc1ccc(S(=O)(=O)[O-])cc1. The highest BCUT2D eigenvalue weighted by Crippen LogP contribution is 2.13. The van der Waals surface area contributed by atoms with Crippen molar-refractivity contribution >= 4 is 16.0 Å². The molecule has 0 unspecified atom stereocenters. The minimum absolute atomic E-state index is 0.0839. The Kier molecular flexibility index (Phi) is 17.7. The van der Waals surface area contributed by atoms with E-state index in [-0.39, 0.29) is 10.8 Å². The van der Waals surface area contributed by atoms with Gasteiger partial charge in [0.2, 0.25) is 0 Å². The average molecular weight is 590 g/mol. The Balaban J connectivity index is 0.000000634. The number of quaternary nitrogens is 1. The molecule has 0 aliphatic carbocycles. The maximum absolute atomic E-state index is 12.8. The number of hydrazine groups is 1. The lowest BCUT2D eigenvalue weighted by Gasteiger charge is -2.33. The number of aryl methyl sites for hydroxylation is 1. The first-order valence-corrected chi connectivity index (χ1v) is 16.7. The Morgan fingerprint density at radius 3 is 1.73 bits per heavy atom. The van der Waals surface area contributed by atoms with Crippen molar-refractivity contribution < 1.29 is 22.2 Å². The van der Waals surface area contributed by atoms with Crippen LogP contribution in [0, 0.1) is 6.92 Å². The van der Waals surface area contributed by atoms with Crippen LogP contribution in [-0.2, 0) is 10.1 Å². The maximum atomic E-state index is 12.8. The Morgan fingerprint density at radius 2 is 1.24 bits per heavy atom. The number of carbonyl (C=O) groups is 1. The molecule has 232 valence electrons. The third-order valence-corrected chi connectivity index (χ3v) is 8.15. The number of carbonyl (C=O) groups excluding carboxylic acids is 1. The minimum atomic E-state index is -4.27. The van der Waals surface area contributed by atoms with Crippen molar-refractivity contribution in [1.82, 2.24) is 10.0 Å². The van der Waals surface area contributed by atoms with E-state index in [1.54, 1.807) is 12.1 Å². The largest absolute Gasteiger partial charge is 0.744 e. The van der Waals surface area contributed by atoms with Crippen molar-refractivity contribution in [3.63, 3.8) is 0 Å². The van der Waals surface area contributed by atoms with Crippen LogP contribution >= 0.6 is 0 Å². The number of benzene rings is 2.